The standard InChI is InChI=1S/C15H22N2O3S/c1-4-17(5-2)21(19,20)16-15(18)14-10-13(14)12-8-6-7-11(3)9-12/h6-9,13-14H,4-5,10H2,1-3H3,(H,16,18). The number of hydrogen-bond acceptors (Lipinski definition) is 3. The van der Waals surface area contributed by atoms with E-state index in [1.54, 1.807) is 13.8 Å². The van der Waals surface area contributed by atoms with Gasteiger partial charge in [0.25, 0.3) is 0 Å². The molecule has 0 heterocycles. The van der Waals surface area contributed by atoms with E-state index < -0.39 is 16.1 Å². The van der Waals surface area contributed by atoms with Crippen LogP contribution >= 0.6 is 0 Å². The van der Waals surface area contributed by atoms with Crippen molar-refractivity contribution in [3.63, 3.8) is 0 Å². The SMILES string of the molecule is CCN(CC)S(=O)(=O)NC(=O)C1CC1c1cccc(C)c1. The first kappa shape index (κ1) is 16.0. The van der Waals surface area contributed by atoms with Crippen LogP contribution < -0.4 is 4.72 Å². The van der Waals surface area contributed by atoms with E-state index in [0.717, 1.165) is 11.1 Å². The summed E-state index contributed by atoms with van der Waals surface area (Å²) in [7, 11) is -3.71. The zero-order chi connectivity index (χ0) is 15.6. The van der Waals surface area contributed by atoms with E-state index in [0.29, 0.717) is 19.5 Å². The van der Waals surface area contributed by atoms with Crippen molar-refractivity contribution in [3.05, 3.63) is 35.4 Å². The van der Waals surface area contributed by atoms with Crippen LogP contribution in [-0.2, 0) is 15.0 Å². The van der Waals surface area contributed by atoms with E-state index in [1.807, 2.05) is 25.1 Å². The lowest BCUT2D eigenvalue weighted by atomic mass is 10.1. The molecule has 2 atom stereocenters. The lowest BCUT2D eigenvalue weighted by Gasteiger charge is -2.18. The Bertz CT molecular complexity index is 624. The van der Waals surface area contributed by atoms with E-state index in [1.165, 1.54) is 4.31 Å². The summed E-state index contributed by atoms with van der Waals surface area (Å²) in [5.74, 6) is -0.498. The molecule has 1 aromatic carbocycles. The van der Waals surface area contributed by atoms with Crippen molar-refractivity contribution in [2.75, 3.05) is 13.1 Å². The molecule has 0 radical (unpaired) electrons. The molecule has 1 fully saturated rings. The van der Waals surface area contributed by atoms with Gasteiger partial charge < -0.3 is 0 Å². The highest BCUT2D eigenvalue weighted by atomic mass is 32.2. The lowest BCUT2D eigenvalue weighted by Crippen LogP contribution is -2.44. The van der Waals surface area contributed by atoms with Crippen LogP contribution in [0.4, 0.5) is 0 Å². The molecule has 0 aromatic heterocycles. The maximum absolute atomic E-state index is 12.1. The van der Waals surface area contributed by atoms with Crippen LogP contribution in [0.25, 0.3) is 0 Å². The van der Waals surface area contributed by atoms with Gasteiger partial charge in [0.2, 0.25) is 5.91 Å². The lowest BCUT2D eigenvalue weighted by molar-refractivity contribution is -0.120. The molecule has 0 saturated heterocycles. The van der Waals surface area contributed by atoms with E-state index in [9.17, 15) is 13.2 Å². The van der Waals surface area contributed by atoms with Crippen molar-refractivity contribution < 1.29 is 13.2 Å². The molecule has 1 aromatic rings. The van der Waals surface area contributed by atoms with Gasteiger partial charge in [-0.25, -0.2) is 4.72 Å². The predicted octanol–water partition coefficient (Wildman–Crippen LogP) is 1.80. The quantitative estimate of drug-likeness (QED) is 0.871. The summed E-state index contributed by atoms with van der Waals surface area (Å²) in [6, 6.07) is 8.01. The molecular formula is C15H22N2O3S. The Hall–Kier alpha value is -1.40. The fourth-order valence-corrected chi connectivity index (χ4v) is 3.80. The predicted molar refractivity (Wildman–Crippen MR) is 82.0 cm³/mol. The molecule has 116 valence electrons. The van der Waals surface area contributed by atoms with Gasteiger partial charge in [0.15, 0.2) is 0 Å². The van der Waals surface area contributed by atoms with Gasteiger partial charge in [-0.3, -0.25) is 4.79 Å². The molecule has 0 aliphatic heterocycles. The van der Waals surface area contributed by atoms with Gasteiger partial charge in [0, 0.05) is 19.0 Å². The van der Waals surface area contributed by atoms with Crippen molar-refractivity contribution in [2.45, 2.75) is 33.1 Å². The maximum Gasteiger partial charge on any atom is 0.303 e. The van der Waals surface area contributed by atoms with Crippen LogP contribution in [-0.4, -0.2) is 31.7 Å². The fraction of sp³-hybridized carbons (Fsp3) is 0.533. The molecule has 2 rings (SSSR count). The molecule has 1 saturated carbocycles. The number of benzene rings is 1. The Morgan fingerprint density at radius 3 is 2.57 bits per heavy atom. The number of amides is 1. The number of hydrogen-bond donors (Lipinski definition) is 1. The monoisotopic (exact) mass is 310 g/mol. The number of nitrogens with one attached hydrogen (secondary N) is 1. The first-order valence-electron chi connectivity index (χ1n) is 7.27. The summed E-state index contributed by atoms with van der Waals surface area (Å²) >= 11 is 0. The number of carbonyl (C=O) groups excluding carboxylic acids is 1. The van der Waals surface area contributed by atoms with E-state index in [-0.39, 0.29) is 11.8 Å². The maximum atomic E-state index is 12.1. The summed E-state index contributed by atoms with van der Waals surface area (Å²) in [6.45, 7) is 6.21. The Labute approximate surface area is 126 Å². The van der Waals surface area contributed by atoms with Gasteiger partial charge in [-0.1, -0.05) is 43.7 Å². The highest BCUT2D eigenvalue weighted by molar-refractivity contribution is 7.87. The van der Waals surface area contributed by atoms with Crippen molar-refractivity contribution in [1.82, 2.24) is 9.03 Å². The number of nitrogens with zero attached hydrogens (tertiary/aromatic N) is 1. The average molecular weight is 310 g/mol. The molecule has 6 heteroatoms. The molecule has 2 unspecified atom stereocenters. The third-order valence-electron chi connectivity index (χ3n) is 3.87. The molecule has 0 bridgehead atoms. The minimum absolute atomic E-state index is 0.136. The number of rotatable bonds is 6. The fourth-order valence-electron chi connectivity index (χ4n) is 2.58. The third-order valence-corrected chi connectivity index (χ3v) is 5.53. The van der Waals surface area contributed by atoms with E-state index >= 15 is 0 Å². The first-order chi connectivity index (χ1) is 9.89. The van der Waals surface area contributed by atoms with Gasteiger partial charge in [-0.15, -0.1) is 0 Å². The highest BCUT2D eigenvalue weighted by Crippen LogP contribution is 2.47. The normalized spacial score (nSPS) is 21.3. The van der Waals surface area contributed by atoms with Crippen LogP contribution in [0.5, 0.6) is 0 Å². The molecule has 5 nitrogen and oxygen atoms in total. The van der Waals surface area contributed by atoms with Crippen LogP contribution in [0.3, 0.4) is 0 Å². The minimum atomic E-state index is -3.71. The smallest absolute Gasteiger partial charge is 0.274 e. The Morgan fingerprint density at radius 1 is 1.33 bits per heavy atom. The van der Waals surface area contributed by atoms with Crippen LogP contribution in [0, 0.1) is 12.8 Å². The highest BCUT2D eigenvalue weighted by Gasteiger charge is 2.45. The summed E-state index contributed by atoms with van der Waals surface area (Å²) in [5, 5.41) is 0. The molecule has 21 heavy (non-hydrogen) atoms. The van der Waals surface area contributed by atoms with E-state index in [4.69, 9.17) is 0 Å². The number of carbonyl (C=O) groups is 1. The third kappa shape index (κ3) is 3.63. The zero-order valence-corrected chi connectivity index (χ0v) is 13.5. The summed E-state index contributed by atoms with van der Waals surface area (Å²) in [4.78, 5) is 12.1. The van der Waals surface area contributed by atoms with Gasteiger partial charge in [0.05, 0.1) is 0 Å². The zero-order valence-electron chi connectivity index (χ0n) is 12.7. The summed E-state index contributed by atoms with van der Waals surface area (Å²) in [6.07, 6.45) is 0.711. The Balaban J connectivity index is 2.01. The second-order valence-corrected chi connectivity index (χ2v) is 7.09. The summed E-state index contributed by atoms with van der Waals surface area (Å²) < 4.78 is 27.5. The van der Waals surface area contributed by atoms with E-state index in [2.05, 4.69) is 10.8 Å². The number of aryl methyl sites for hydroxylation is 1. The van der Waals surface area contributed by atoms with Crippen LogP contribution in [0.15, 0.2) is 24.3 Å². The molecule has 1 aliphatic carbocycles. The van der Waals surface area contributed by atoms with Gasteiger partial charge in [0.1, 0.15) is 0 Å². The van der Waals surface area contributed by atoms with Crippen molar-refractivity contribution >= 4 is 16.1 Å². The van der Waals surface area contributed by atoms with Crippen LogP contribution in [0.2, 0.25) is 0 Å². The first-order valence-corrected chi connectivity index (χ1v) is 8.71. The molecular weight excluding hydrogens is 288 g/mol. The largest absolute Gasteiger partial charge is 0.303 e. The van der Waals surface area contributed by atoms with Crippen molar-refractivity contribution in [3.8, 4) is 0 Å². The van der Waals surface area contributed by atoms with Gasteiger partial charge in [-0.2, -0.15) is 12.7 Å². The van der Waals surface area contributed by atoms with Crippen LogP contribution in [0.1, 0.15) is 37.3 Å². The average Bonchev–Trinajstić information content (AvgIpc) is 3.19. The molecule has 1 N–H and O–H groups in total. The summed E-state index contributed by atoms with van der Waals surface area (Å²) in [5.41, 5.74) is 2.25. The van der Waals surface area contributed by atoms with Crippen molar-refractivity contribution in [1.29, 1.82) is 0 Å². The molecule has 1 aliphatic rings. The minimum Gasteiger partial charge on any atom is -0.274 e. The van der Waals surface area contributed by atoms with Crippen molar-refractivity contribution in [2.24, 2.45) is 5.92 Å². The molecule has 0 spiro atoms. The Kier molecular flexibility index (Phi) is 4.68. The topological polar surface area (TPSA) is 66.5 Å². The van der Waals surface area contributed by atoms with Gasteiger partial charge in [-0.05, 0) is 24.8 Å². The van der Waals surface area contributed by atoms with Gasteiger partial charge >= 0.3 is 10.2 Å². The Morgan fingerprint density at radius 2 is 2.00 bits per heavy atom. The molecule has 1 amide bonds. The second-order valence-electron chi connectivity index (χ2n) is 5.42. The second kappa shape index (κ2) is 6.15.